The Morgan fingerprint density at radius 1 is 0.442 bits per heavy atom. The highest BCUT2D eigenvalue weighted by Crippen LogP contribution is 2.43. The molecule has 6 aromatic carbocycles. The van der Waals surface area contributed by atoms with Crippen molar-refractivity contribution in [2.24, 2.45) is 0 Å². The summed E-state index contributed by atoms with van der Waals surface area (Å²) in [4.78, 5) is 0. The molecular weight excluding hydrogens is 676 g/mol. The second-order valence-corrected chi connectivity index (χ2v) is 12.2. The summed E-state index contributed by atoms with van der Waals surface area (Å²) in [6, 6.07) is 34.4. The number of hydrogen-bond acceptors (Lipinski definition) is 3. The topological polar surface area (TPSA) is 81.2 Å². The quantitative estimate of drug-likeness (QED) is 0.173. The molecule has 0 unspecified atom stereocenters. The van der Waals surface area contributed by atoms with Crippen molar-refractivity contribution >= 4 is 43.6 Å². The molecule has 52 heavy (non-hydrogen) atoms. The third-order valence-corrected chi connectivity index (χ3v) is 9.22. The Labute approximate surface area is 290 Å². The first-order valence-corrected chi connectivity index (χ1v) is 15.7. The van der Waals surface area contributed by atoms with Gasteiger partial charge in [-0.1, -0.05) is 48.5 Å². The molecule has 0 fully saturated rings. The van der Waals surface area contributed by atoms with E-state index in [0.717, 1.165) is 24.3 Å². The number of fused-ring (bicyclic) bond motifs is 6. The zero-order valence-electron chi connectivity index (χ0n) is 26.5. The van der Waals surface area contributed by atoms with Crippen molar-refractivity contribution in [1.29, 1.82) is 15.8 Å². The minimum Gasteiger partial charge on any atom is -0.309 e. The Morgan fingerprint density at radius 3 is 1.37 bits per heavy atom. The summed E-state index contributed by atoms with van der Waals surface area (Å²) in [7, 11) is 0. The molecule has 0 aliphatic rings. The molecule has 0 saturated carbocycles. The molecule has 11 heteroatoms. The zero-order valence-corrected chi connectivity index (χ0v) is 26.5. The molecule has 2 aromatic heterocycles. The van der Waals surface area contributed by atoms with Crippen LogP contribution in [0.2, 0.25) is 0 Å². The van der Waals surface area contributed by atoms with Crippen LogP contribution in [-0.2, 0) is 12.4 Å². The van der Waals surface area contributed by atoms with Gasteiger partial charge in [-0.05, 0) is 72.3 Å². The molecule has 0 bridgehead atoms. The minimum absolute atomic E-state index is 0.00802. The number of benzene rings is 6. The molecule has 0 radical (unpaired) electrons. The smallest absolute Gasteiger partial charge is 0.309 e. The number of rotatable bonds is 3. The number of halogens is 6. The van der Waals surface area contributed by atoms with Gasteiger partial charge in [0.2, 0.25) is 0 Å². The summed E-state index contributed by atoms with van der Waals surface area (Å²) in [5.41, 5.74) is 0.890. The van der Waals surface area contributed by atoms with Gasteiger partial charge in [0.05, 0.1) is 73.4 Å². The third kappa shape index (κ3) is 5.01. The molecule has 2 heterocycles. The van der Waals surface area contributed by atoms with Crippen molar-refractivity contribution in [3.05, 3.63) is 143 Å². The van der Waals surface area contributed by atoms with Crippen molar-refractivity contribution in [2.45, 2.75) is 12.4 Å². The van der Waals surface area contributed by atoms with Crippen LogP contribution in [0.4, 0.5) is 26.3 Å². The lowest BCUT2D eigenvalue weighted by Gasteiger charge is -2.19. The molecule has 8 rings (SSSR count). The van der Waals surface area contributed by atoms with E-state index in [4.69, 9.17) is 0 Å². The molecule has 0 aliphatic carbocycles. The van der Waals surface area contributed by atoms with Crippen LogP contribution in [0.15, 0.2) is 115 Å². The second kappa shape index (κ2) is 11.5. The second-order valence-electron chi connectivity index (χ2n) is 12.2. The summed E-state index contributed by atoms with van der Waals surface area (Å²) >= 11 is 0. The fraction of sp³-hybridized carbons (Fsp3) is 0.0488. The lowest BCUT2D eigenvalue weighted by Crippen LogP contribution is -2.07. The van der Waals surface area contributed by atoms with Gasteiger partial charge >= 0.3 is 12.4 Å². The minimum atomic E-state index is -4.67. The predicted octanol–water partition coefficient (Wildman–Crippen LogP) is 11.2. The number of aromatic nitrogens is 2. The monoisotopic (exact) mass is 695 g/mol. The van der Waals surface area contributed by atoms with Gasteiger partial charge in [-0.3, -0.25) is 0 Å². The summed E-state index contributed by atoms with van der Waals surface area (Å²) in [6.45, 7) is 0. The van der Waals surface area contributed by atoms with Gasteiger partial charge < -0.3 is 9.13 Å². The molecular formula is C41H19F6N5. The molecule has 0 aliphatic heterocycles. The highest BCUT2D eigenvalue weighted by molar-refractivity contribution is 6.11. The average Bonchev–Trinajstić information content (AvgIpc) is 3.65. The van der Waals surface area contributed by atoms with Crippen LogP contribution in [0.25, 0.3) is 66.1 Å². The normalized spacial score (nSPS) is 12.0. The van der Waals surface area contributed by atoms with Gasteiger partial charge in [0.25, 0.3) is 0 Å². The Hall–Kier alpha value is -7.03. The maximum atomic E-state index is 14.1. The number of alkyl halides is 6. The maximum Gasteiger partial charge on any atom is 0.416 e. The molecule has 5 nitrogen and oxygen atoms in total. The van der Waals surface area contributed by atoms with E-state index in [9.17, 15) is 42.1 Å². The molecule has 0 atom stereocenters. The van der Waals surface area contributed by atoms with Crippen molar-refractivity contribution < 1.29 is 26.3 Å². The summed E-state index contributed by atoms with van der Waals surface area (Å²) < 4.78 is 87.7. The first-order chi connectivity index (χ1) is 24.9. The van der Waals surface area contributed by atoms with Crippen LogP contribution in [0.3, 0.4) is 0 Å². The Bertz CT molecular complexity index is 2890. The van der Waals surface area contributed by atoms with E-state index in [2.05, 4.69) is 6.07 Å². The van der Waals surface area contributed by atoms with Crippen LogP contribution in [-0.4, -0.2) is 9.13 Å². The highest BCUT2D eigenvalue weighted by atomic mass is 19.4. The Morgan fingerprint density at radius 2 is 0.904 bits per heavy atom. The molecule has 0 spiro atoms. The van der Waals surface area contributed by atoms with Crippen LogP contribution < -0.4 is 0 Å². The standard InChI is InChI=1S/C41H19F6N5/c42-40(43,44)27-9-11-31-29-5-1-3-7-34(29)51(38(31)17-27)36-19-33(25-14-23(20-48)13-24(15-25)21-49)37(16-26(36)22-50)52-35-8-4-2-6-30(35)32-12-10-28(18-39(32)52)41(45,46)47/h1-19H. The van der Waals surface area contributed by atoms with Crippen molar-refractivity contribution in [3.63, 3.8) is 0 Å². The first-order valence-electron chi connectivity index (χ1n) is 15.7. The Kier molecular flexibility index (Phi) is 7.13. The average molecular weight is 696 g/mol. The highest BCUT2D eigenvalue weighted by Gasteiger charge is 2.33. The van der Waals surface area contributed by atoms with E-state index >= 15 is 0 Å². The van der Waals surface area contributed by atoms with Gasteiger partial charge in [-0.25, -0.2) is 0 Å². The molecule has 0 saturated heterocycles. The van der Waals surface area contributed by atoms with Crippen molar-refractivity contribution in [2.75, 3.05) is 0 Å². The number of nitrogens with zero attached hydrogens (tertiary/aromatic N) is 5. The molecule has 0 N–H and O–H groups in total. The lowest BCUT2D eigenvalue weighted by atomic mass is 9.96. The fourth-order valence-electron chi connectivity index (χ4n) is 6.99. The van der Waals surface area contributed by atoms with Gasteiger partial charge in [-0.15, -0.1) is 0 Å². The number of para-hydroxylation sites is 2. The fourth-order valence-corrected chi connectivity index (χ4v) is 6.99. The Balaban J connectivity index is 1.56. The maximum absolute atomic E-state index is 14.1. The zero-order chi connectivity index (χ0) is 36.5. The van der Waals surface area contributed by atoms with Crippen LogP contribution >= 0.6 is 0 Å². The summed E-state index contributed by atoms with van der Waals surface area (Å²) in [6.07, 6.45) is -9.34. The van der Waals surface area contributed by atoms with Crippen LogP contribution in [0.5, 0.6) is 0 Å². The summed E-state index contributed by atoms with van der Waals surface area (Å²) in [5.74, 6) is 0. The van der Waals surface area contributed by atoms with E-state index in [0.29, 0.717) is 43.7 Å². The SMILES string of the molecule is N#Cc1cc(C#N)cc(-c2cc(-n3c4ccccc4c4ccc(C(F)(F)F)cc43)c(C#N)cc2-n2c3ccccc3c3ccc(C(F)(F)F)cc32)c1. The number of nitriles is 3. The summed E-state index contributed by atoms with van der Waals surface area (Å²) in [5, 5.41) is 32.7. The largest absolute Gasteiger partial charge is 0.416 e. The van der Waals surface area contributed by atoms with Crippen LogP contribution in [0, 0.1) is 34.0 Å². The van der Waals surface area contributed by atoms with E-state index in [1.54, 1.807) is 63.7 Å². The molecule has 0 amide bonds. The van der Waals surface area contributed by atoms with Crippen LogP contribution in [0.1, 0.15) is 27.8 Å². The van der Waals surface area contributed by atoms with E-state index in [1.807, 2.05) is 12.1 Å². The van der Waals surface area contributed by atoms with Crippen molar-refractivity contribution in [1.82, 2.24) is 9.13 Å². The van der Waals surface area contributed by atoms with Gasteiger partial charge in [0.1, 0.15) is 6.07 Å². The van der Waals surface area contributed by atoms with Gasteiger partial charge in [-0.2, -0.15) is 42.1 Å². The number of hydrogen-bond donors (Lipinski definition) is 0. The van der Waals surface area contributed by atoms with E-state index in [-0.39, 0.29) is 39.1 Å². The van der Waals surface area contributed by atoms with Gasteiger partial charge in [0, 0.05) is 27.1 Å². The lowest BCUT2D eigenvalue weighted by molar-refractivity contribution is -0.138. The third-order valence-electron chi connectivity index (χ3n) is 9.22. The van der Waals surface area contributed by atoms with E-state index in [1.165, 1.54) is 36.4 Å². The molecule has 250 valence electrons. The van der Waals surface area contributed by atoms with E-state index < -0.39 is 23.5 Å². The first kappa shape index (κ1) is 32.2. The molecule has 8 aromatic rings. The predicted molar refractivity (Wildman–Crippen MR) is 185 cm³/mol. The van der Waals surface area contributed by atoms with Gasteiger partial charge in [0.15, 0.2) is 0 Å². The van der Waals surface area contributed by atoms with Crippen molar-refractivity contribution in [3.8, 4) is 40.7 Å².